The van der Waals surface area contributed by atoms with Crippen molar-refractivity contribution in [2.75, 3.05) is 6.61 Å². The van der Waals surface area contributed by atoms with Crippen molar-refractivity contribution in [2.45, 2.75) is 32.4 Å². The van der Waals surface area contributed by atoms with Crippen molar-refractivity contribution >= 4 is 23.2 Å². The maximum atomic E-state index is 8.72. The van der Waals surface area contributed by atoms with Gasteiger partial charge in [-0.3, -0.25) is 0 Å². The summed E-state index contributed by atoms with van der Waals surface area (Å²) in [5, 5.41) is 13.2. The molecule has 1 aromatic rings. The summed E-state index contributed by atoms with van der Waals surface area (Å²) in [7, 11) is 1.89. The third-order valence-electron chi connectivity index (χ3n) is 2.64. The molecule has 0 aliphatic carbocycles. The lowest BCUT2D eigenvalue weighted by molar-refractivity contribution is 0.276. The van der Waals surface area contributed by atoms with Gasteiger partial charge >= 0.3 is 0 Å². The molecule has 3 nitrogen and oxygen atoms in total. The summed E-state index contributed by atoms with van der Waals surface area (Å²) in [6, 6.07) is 2.25. The van der Waals surface area contributed by atoms with Gasteiger partial charge in [-0.1, -0.05) is 23.2 Å². The van der Waals surface area contributed by atoms with Crippen molar-refractivity contribution in [2.24, 2.45) is 7.05 Å². The molecule has 1 atom stereocenters. The third kappa shape index (κ3) is 3.67. The molecule has 16 heavy (non-hydrogen) atoms. The van der Waals surface area contributed by atoms with Crippen LogP contribution in [-0.4, -0.2) is 22.3 Å². The van der Waals surface area contributed by atoms with Crippen LogP contribution in [0.3, 0.4) is 0 Å². The van der Waals surface area contributed by atoms with Gasteiger partial charge in [0.15, 0.2) is 0 Å². The smallest absolute Gasteiger partial charge is 0.127 e. The lowest BCUT2D eigenvalue weighted by Gasteiger charge is -2.13. The molecule has 0 aromatic carbocycles. The molecule has 0 aliphatic heterocycles. The minimum absolute atomic E-state index is 0.244. The first kappa shape index (κ1) is 13.8. The van der Waals surface area contributed by atoms with Crippen LogP contribution >= 0.6 is 23.2 Å². The zero-order valence-electron chi connectivity index (χ0n) is 9.63. The topological polar surface area (TPSA) is 37.2 Å². The first-order valence-corrected chi connectivity index (χ1v) is 6.15. The van der Waals surface area contributed by atoms with E-state index in [1.807, 2.05) is 17.7 Å². The predicted molar refractivity (Wildman–Crippen MR) is 68.1 cm³/mol. The normalized spacial score (nSPS) is 13.1. The van der Waals surface area contributed by atoms with Gasteiger partial charge in [-0.2, -0.15) is 0 Å². The monoisotopic (exact) mass is 264 g/mol. The van der Waals surface area contributed by atoms with Crippen LogP contribution < -0.4 is 5.32 Å². The predicted octanol–water partition coefficient (Wildman–Crippen LogP) is 2.58. The fourth-order valence-electron chi connectivity index (χ4n) is 1.54. The summed E-state index contributed by atoms with van der Waals surface area (Å²) in [6.45, 7) is 3.07. The van der Waals surface area contributed by atoms with Gasteiger partial charge < -0.3 is 15.0 Å². The van der Waals surface area contributed by atoms with Gasteiger partial charge in [-0.15, -0.1) is 0 Å². The molecule has 0 radical (unpaired) electrons. The van der Waals surface area contributed by atoms with Crippen molar-refractivity contribution in [3.05, 3.63) is 21.9 Å². The van der Waals surface area contributed by atoms with Crippen LogP contribution in [0.25, 0.3) is 0 Å². The molecule has 92 valence electrons. The third-order valence-corrected chi connectivity index (χ3v) is 3.48. The molecule has 1 rings (SSSR count). The van der Waals surface area contributed by atoms with Gasteiger partial charge in [0.2, 0.25) is 0 Å². The summed E-state index contributed by atoms with van der Waals surface area (Å²) in [5.74, 6) is 0. The second-order valence-corrected chi connectivity index (χ2v) is 4.75. The van der Waals surface area contributed by atoms with Crippen LogP contribution in [0.2, 0.25) is 10.2 Å². The highest BCUT2D eigenvalue weighted by Gasteiger charge is 2.09. The number of rotatable bonds is 6. The quantitative estimate of drug-likeness (QED) is 0.829. The molecule has 0 fully saturated rings. The van der Waals surface area contributed by atoms with E-state index in [9.17, 15) is 0 Å². The highest BCUT2D eigenvalue weighted by Crippen LogP contribution is 2.24. The standard InChI is InChI=1S/C11H18Cl2N2O/c1-8(4-3-5-16)14-7-9-6-10(12)11(13)15(9)2/h6,8,14,16H,3-5,7H2,1-2H3. The molecule has 0 spiro atoms. The van der Waals surface area contributed by atoms with Gasteiger partial charge in [0.25, 0.3) is 0 Å². The van der Waals surface area contributed by atoms with Crippen molar-refractivity contribution in [1.29, 1.82) is 0 Å². The Morgan fingerprint density at radius 1 is 1.50 bits per heavy atom. The molecule has 1 unspecified atom stereocenters. The Kier molecular flexibility index (Phi) is 5.62. The van der Waals surface area contributed by atoms with Crippen molar-refractivity contribution in [3.63, 3.8) is 0 Å². The zero-order chi connectivity index (χ0) is 12.1. The van der Waals surface area contributed by atoms with E-state index < -0.39 is 0 Å². The first-order chi connectivity index (χ1) is 7.56. The molecular weight excluding hydrogens is 247 g/mol. The number of aliphatic hydroxyl groups excluding tert-OH is 1. The van der Waals surface area contributed by atoms with Gasteiger partial charge in [0, 0.05) is 31.9 Å². The summed E-state index contributed by atoms with van der Waals surface area (Å²) in [4.78, 5) is 0. The van der Waals surface area contributed by atoms with Gasteiger partial charge in [-0.05, 0) is 25.8 Å². The maximum Gasteiger partial charge on any atom is 0.127 e. The van der Waals surface area contributed by atoms with Gasteiger partial charge in [-0.25, -0.2) is 0 Å². The zero-order valence-corrected chi connectivity index (χ0v) is 11.1. The van der Waals surface area contributed by atoms with Crippen LogP contribution in [-0.2, 0) is 13.6 Å². The fraction of sp³-hybridized carbons (Fsp3) is 0.636. The van der Waals surface area contributed by atoms with E-state index in [2.05, 4.69) is 12.2 Å². The van der Waals surface area contributed by atoms with E-state index in [1.165, 1.54) is 0 Å². The highest BCUT2D eigenvalue weighted by atomic mass is 35.5. The maximum absolute atomic E-state index is 8.72. The molecule has 5 heteroatoms. The molecule has 1 aromatic heterocycles. The Morgan fingerprint density at radius 3 is 2.69 bits per heavy atom. The van der Waals surface area contributed by atoms with Gasteiger partial charge in [0.1, 0.15) is 5.15 Å². The number of nitrogens with zero attached hydrogens (tertiary/aromatic N) is 1. The number of aliphatic hydroxyl groups is 1. The number of hydrogen-bond donors (Lipinski definition) is 2. The van der Waals surface area contributed by atoms with Crippen LogP contribution in [0.1, 0.15) is 25.5 Å². The van der Waals surface area contributed by atoms with E-state index in [-0.39, 0.29) is 6.61 Å². The number of aromatic nitrogens is 1. The first-order valence-electron chi connectivity index (χ1n) is 5.40. The van der Waals surface area contributed by atoms with Crippen LogP contribution in [0, 0.1) is 0 Å². The second-order valence-electron chi connectivity index (χ2n) is 3.98. The molecule has 0 amide bonds. The average molecular weight is 265 g/mol. The summed E-state index contributed by atoms with van der Waals surface area (Å²) in [6.07, 6.45) is 1.78. The number of nitrogens with one attached hydrogen (secondary N) is 1. The summed E-state index contributed by atoms with van der Waals surface area (Å²) < 4.78 is 1.87. The van der Waals surface area contributed by atoms with E-state index in [4.69, 9.17) is 28.3 Å². The van der Waals surface area contributed by atoms with Crippen LogP contribution in [0.5, 0.6) is 0 Å². The largest absolute Gasteiger partial charge is 0.396 e. The molecule has 1 heterocycles. The summed E-state index contributed by atoms with van der Waals surface area (Å²) >= 11 is 11.9. The Balaban J connectivity index is 2.45. The number of halogens is 2. The Labute approximate surface area is 106 Å². The molecular formula is C11H18Cl2N2O. The Morgan fingerprint density at radius 2 is 2.19 bits per heavy atom. The van der Waals surface area contributed by atoms with E-state index in [1.54, 1.807) is 0 Å². The summed E-state index contributed by atoms with van der Waals surface area (Å²) in [5.41, 5.74) is 1.06. The Hall–Kier alpha value is -0.220. The fourth-order valence-corrected chi connectivity index (χ4v) is 1.95. The molecule has 0 aliphatic rings. The van der Waals surface area contributed by atoms with E-state index >= 15 is 0 Å². The molecule has 2 N–H and O–H groups in total. The second kappa shape index (κ2) is 6.50. The number of hydrogen-bond acceptors (Lipinski definition) is 2. The molecule has 0 bridgehead atoms. The lowest BCUT2D eigenvalue weighted by Crippen LogP contribution is -2.26. The molecule has 0 saturated carbocycles. The van der Waals surface area contributed by atoms with Crippen molar-refractivity contribution < 1.29 is 5.11 Å². The minimum atomic E-state index is 0.244. The van der Waals surface area contributed by atoms with E-state index in [0.717, 1.165) is 25.1 Å². The highest BCUT2D eigenvalue weighted by molar-refractivity contribution is 6.41. The average Bonchev–Trinajstić information content (AvgIpc) is 2.51. The van der Waals surface area contributed by atoms with Crippen LogP contribution in [0.15, 0.2) is 6.07 Å². The minimum Gasteiger partial charge on any atom is -0.396 e. The van der Waals surface area contributed by atoms with Crippen molar-refractivity contribution in [1.82, 2.24) is 9.88 Å². The molecule has 0 saturated heterocycles. The SMILES string of the molecule is CC(CCCO)NCc1cc(Cl)c(Cl)n1C. The van der Waals surface area contributed by atoms with Gasteiger partial charge in [0.05, 0.1) is 5.02 Å². The Bertz CT molecular complexity index is 339. The van der Waals surface area contributed by atoms with Crippen LogP contribution in [0.4, 0.5) is 0 Å². The van der Waals surface area contributed by atoms with E-state index in [0.29, 0.717) is 16.2 Å². The van der Waals surface area contributed by atoms with Crippen molar-refractivity contribution in [3.8, 4) is 0 Å². The lowest BCUT2D eigenvalue weighted by atomic mass is 10.2.